The van der Waals surface area contributed by atoms with Gasteiger partial charge in [-0.2, -0.15) is 0 Å². The quantitative estimate of drug-likeness (QED) is 0.493. The molecule has 2 rings (SSSR count). The predicted octanol–water partition coefficient (Wildman–Crippen LogP) is 2.97. The summed E-state index contributed by atoms with van der Waals surface area (Å²) in [5, 5.41) is 11.9. The van der Waals surface area contributed by atoms with E-state index >= 15 is 0 Å². The summed E-state index contributed by atoms with van der Waals surface area (Å²) in [6.07, 6.45) is 0.792. The van der Waals surface area contributed by atoms with Gasteiger partial charge in [-0.15, -0.1) is 11.3 Å². The van der Waals surface area contributed by atoms with Crippen LogP contribution in [-0.2, 0) is 9.53 Å². The van der Waals surface area contributed by atoms with E-state index in [1.54, 1.807) is 0 Å². The molecule has 16 heavy (non-hydrogen) atoms. The number of rotatable bonds is 2. The average molecular weight is 234 g/mol. The van der Waals surface area contributed by atoms with Gasteiger partial charge in [0.2, 0.25) is 0 Å². The van der Waals surface area contributed by atoms with Crippen LogP contribution in [0, 0.1) is 0 Å². The van der Waals surface area contributed by atoms with Gasteiger partial charge in [0, 0.05) is 21.0 Å². The number of thiophene rings is 1. The van der Waals surface area contributed by atoms with Crippen molar-refractivity contribution in [1.29, 1.82) is 0 Å². The van der Waals surface area contributed by atoms with E-state index in [9.17, 15) is 4.79 Å². The summed E-state index contributed by atoms with van der Waals surface area (Å²) in [5.74, 6) is -0.536. The molecular formula is C12H10O3S. The zero-order valence-electron chi connectivity index (χ0n) is 8.64. The molecule has 1 N–H and O–H groups in total. The largest absolute Gasteiger partial charge is 0.515 e. The summed E-state index contributed by atoms with van der Waals surface area (Å²) in [6.45, 7) is 0. The molecule has 0 atom stereocenters. The highest BCUT2D eigenvalue weighted by molar-refractivity contribution is 7.17. The molecule has 0 bridgehead atoms. The number of carbonyl (C=O) groups excluding carboxylic acids is 1. The number of aliphatic hydroxyl groups excluding tert-OH is 1. The van der Waals surface area contributed by atoms with Crippen molar-refractivity contribution in [3.63, 3.8) is 0 Å². The third-order valence-electron chi connectivity index (χ3n) is 2.31. The van der Waals surface area contributed by atoms with E-state index in [1.165, 1.54) is 18.4 Å². The first-order valence-electron chi connectivity index (χ1n) is 4.67. The van der Waals surface area contributed by atoms with Crippen molar-refractivity contribution < 1.29 is 14.6 Å². The molecule has 0 aliphatic rings. The van der Waals surface area contributed by atoms with Gasteiger partial charge in [-0.25, -0.2) is 4.79 Å². The van der Waals surface area contributed by atoms with Crippen LogP contribution in [-0.4, -0.2) is 18.2 Å². The van der Waals surface area contributed by atoms with Crippen LogP contribution in [0.3, 0.4) is 0 Å². The third kappa shape index (κ3) is 1.67. The zero-order valence-corrected chi connectivity index (χ0v) is 9.45. The number of hydrogen-bond acceptors (Lipinski definition) is 4. The Bertz CT molecular complexity index is 554. The van der Waals surface area contributed by atoms with Crippen molar-refractivity contribution in [2.24, 2.45) is 0 Å². The average Bonchev–Trinajstić information content (AvgIpc) is 2.74. The normalized spacial score (nSPS) is 11.7. The van der Waals surface area contributed by atoms with Gasteiger partial charge in [-0.1, -0.05) is 18.2 Å². The van der Waals surface area contributed by atoms with E-state index < -0.39 is 5.97 Å². The van der Waals surface area contributed by atoms with Crippen LogP contribution < -0.4 is 0 Å². The molecule has 0 spiro atoms. The highest BCUT2D eigenvalue weighted by Crippen LogP contribution is 2.31. The Hall–Kier alpha value is -1.81. The van der Waals surface area contributed by atoms with E-state index in [4.69, 9.17) is 5.11 Å². The van der Waals surface area contributed by atoms with Crippen molar-refractivity contribution in [3.05, 3.63) is 41.5 Å². The van der Waals surface area contributed by atoms with Crippen LogP contribution in [0.4, 0.5) is 0 Å². The smallest absolute Gasteiger partial charge is 0.341 e. The van der Waals surface area contributed by atoms with Crippen LogP contribution in [0.2, 0.25) is 0 Å². The Morgan fingerprint density at radius 1 is 1.44 bits per heavy atom. The van der Waals surface area contributed by atoms with Gasteiger partial charge in [0.15, 0.2) is 0 Å². The zero-order chi connectivity index (χ0) is 11.5. The lowest BCUT2D eigenvalue weighted by Crippen LogP contribution is -2.03. The summed E-state index contributed by atoms with van der Waals surface area (Å²) in [7, 11) is 1.29. The number of aliphatic hydroxyl groups is 1. The number of fused-ring (bicyclic) bond motifs is 1. The maximum absolute atomic E-state index is 11.4. The van der Waals surface area contributed by atoms with Gasteiger partial charge in [0.1, 0.15) is 5.57 Å². The predicted molar refractivity (Wildman–Crippen MR) is 64.4 cm³/mol. The van der Waals surface area contributed by atoms with E-state index in [0.717, 1.165) is 16.3 Å². The molecule has 0 radical (unpaired) electrons. The molecule has 2 aromatic rings. The van der Waals surface area contributed by atoms with Crippen LogP contribution in [0.5, 0.6) is 0 Å². The second-order valence-electron chi connectivity index (χ2n) is 3.18. The molecule has 1 heterocycles. The molecule has 0 aliphatic heterocycles. The molecule has 0 saturated heterocycles. The van der Waals surface area contributed by atoms with Crippen LogP contribution >= 0.6 is 11.3 Å². The number of methoxy groups -OCH3 is 1. The molecule has 4 heteroatoms. The van der Waals surface area contributed by atoms with Crippen molar-refractivity contribution in [3.8, 4) is 0 Å². The van der Waals surface area contributed by atoms with E-state index in [0.29, 0.717) is 5.56 Å². The molecule has 0 fully saturated rings. The van der Waals surface area contributed by atoms with E-state index in [1.807, 2.05) is 29.6 Å². The highest BCUT2D eigenvalue weighted by atomic mass is 32.1. The Morgan fingerprint density at radius 2 is 2.19 bits per heavy atom. The minimum Gasteiger partial charge on any atom is -0.515 e. The summed E-state index contributed by atoms with van der Waals surface area (Å²) in [6, 6.07) is 7.71. The molecule has 0 amide bonds. The lowest BCUT2D eigenvalue weighted by molar-refractivity contribution is -0.133. The second-order valence-corrected chi connectivity index (χ2v) is 4.09. The van der Waals surface area contributed by atoms with E-state index in [-0.39, 0.29) is 5.57 Å². The molecule has 3 nitrogen and oxygen atoms in total. The maximum atomic E-state index is 11.4. The Labute approximate surface area is 96.6 Å². The number of esters is 1. The highest BCUT2D eigenvalue weighted by Gasteiger charge is 2.16. The molecule has 0 saturated carbocycles. The molecule has 0 aliphatic carbocycles. The molecule has 1 aromatic carbocycles. The third-order valence-corrected chi connectivity index (χ3v) is 3.27. The fraction of sp³-hybridized carbons (Fsp3) is 0.0833. The lowest BCUT2D eigenvalue weighted by Gasteiger charge is -2.02. The fourth-order valence-electron chi connectivity index (χ4n) is 1.53. The van der Waals surface area contributed by atoms with Crippen molar-refractivity contribution in [2.75, 3.05) is 7.11 Å². The number of benzene rings is 1. The van der Waals surface area contributed by atoms with Gasteiger partial charge < -0.3 is 9.84 Å². The van der Waals surface area contributed by atoms with E-state index in [2.05, 4.69) is 4.74 Å². The molecule has 82 valence electrons. The van der Waals surface area contributed by atoms with Gasteiger partial charge in [0.05, 0.1) is 13.4 Å². The van der Waals surface area contributed by atoms with Gasteiger partial charge in [-0.3, -0.25) is 0 Å². The summed E-state index contributed by atoms with van der Waals surface area (Å²) < 4.78 is 5.68. The summed E-state index contributed by atoms with van der Waals surface area (Å²) in [4.78, 5) is 11.4. The first-order valence-corrected chi connectivity index (χ1v) is 5.55. The van der Waals surface area contributed by atoms with Gasteiger partial charge in [0.25, 0.3) is 0 Å². The SMILES string of the molecule is COC(=O)/C(=C\O)c1csc2ccccc12. The van der Waals surface area contributed by atoms with Crippen LogP contribution in [0.1, 0.15) is 5.56 Å². The Balaban J connectivity index is 2.59. The maximum Gasteiger partial charge on any atom is 0.341 e. The first-order chi connectivity index (χ1) is 7.77. The van der Waals surface area contributed by atoms with Crippen molar-refractivity contribution in [1.82, 2.24) is 0 Å². The summed E-state index contributed by atoms with van der Waals surface area (Å²) in [5.41, 5.74) is 0.884. The minimum absolute atomic E-state index is 0.181. The Kier molecular flexibility index (Phi) is 2.92. The fourth-order valence-corrected chi connectivity index (χ4v) is 2.49. The van der Waals surface area contributed by atoms with Crippen molar-refractivity contribution in [2.45, 2.75) is 0 Å². The van der Waals surface area contributed by atoms with Crippen LogP contribution in [0.15, 0.2) is 35.9 Å². The summed E-state index contributed by atoms with van der Waals surface area (Å²) >= 11 is 1.53. The molecule has 0 unspecified atom stereocenters. The first kappa shape index (κ1) is 10.7. The lowest BCUT2D eigenvalue weighted by atomic mass is 10.1. The molecule has 1 aromatic heterocycles. The minimum atomic E-state index is -0.536. The number of ether oxygens (including phenoxy) is 1. The Morgan fingerprint density at radius 3 is 2.88 bits per heavy atom. The number of carbonyl (C=O) groups is 1. The van der Waals surface area contributed by atoms with Gasteiger partial charge in [-0.05, 0) is 6.07 Å². The topological polar surface area (TPSA) is 46.5 Å². The van der Waals surface area contributed by atoms with Crippen LogP contribution in [0.25, 0.3) is 15.7 Å². The molecular weight excluding hydrogens is 224 g/mol. The number of hydrogen-bond donors (Lipinski definition) is 1. The standard InChI is InChI=1S/C12H10O3S/c1-15-12(14)9(6-13)10-7-16-11-5-3-2-4-8(10)11/h2-7,13H,1H3/b9-6-. The van der Waals surface area contributed by atoms with Crippen molar-refractivity contribution >= 4 is 33.0 Å². The second kappa shape index (κ2) is 4.37. The van der Waals surface area contributed by atoms with Gasteiger partial charge >= 0.3 is 5.97 Å². The monoisotopic (exact) mass is 234 g/mol.